The van der Waals surface area contributed by atoms with E-state index in [9.17, 15) is 4.79 Å². The maximum atomic E-state index is 12.6. The fourth-order valence-corrected chi connectivity index (χ4v) is 4.41. The van der Waals surface area contributed by atoms with Gasteiger partial charge in [0, 0.05) is 43.0 Å². The van der Waals surface area contributed by atoms with Crippen molar-refractivity contribution in [2.75, 3.05) is 37.4 Å². The van der Waals surface area contributed by atoms with E-state index in [-0.39, 0.29) is 12.1 Å². The molecular formula is C27H33N4O+. The van der Waals surface area contributed by atoms with Crippen LogP contribution in [0.15, 0.2) is 72.8 Å². The first-order valence-electron chi connectivity index (χ1n) is 11.3. The zero-order valence-corrected chi connectivity index (χ0v) is 19.2. The number of hydrogen-bond acceptors (Lipinski definition) is 2. The van der Waals surface area contributed by atoms with Gasteiger partial charge in [-0.25, -0.2) is 4.79 Å². The van der Waals surface area contributed by atoms with Gasteiger partial charge in [0.05, 0.1) is 13.1 Å². The van der Waals surface area contributed by atoms with Crippen molar-refractivity contribution in [3.05, 3.63) is 95.1 Å². The van der Waals surface area contributed by atoms with E-state index in [1.165, 1.54) is 32.8 Å². The summed E-state index contributed by atoms with van der Waals surface area (Å²) in [6, 6.07) is 25.3. The number of aryl methyl sites for hydroxylation is 1. The summed E-state index contributed by atoms with van der Waals surface area (Å²) >= 11 is 0. The first kappa shape index (κ1) is 21.9. The molecule has 0 saturated heterocycles. The van der Waals surface area contributed by atoms with E-state index in [1.807, 2.05) is 31.2 Å². The number of carbonyl (C=O) groups excluding carboxylic acids is 1. The van der Waals surface area contributed by atoms with E-state index in [1.54, 1.807) is 0 Å². The molecule has 1 aliphatic heterocycles. The summed E-state index contributed by atoms with van der Waals surface area (Å²) in [5.74, 6) is 0. The Kier molecular flexibility index (Phi) is 6.76. The third-order valence-electron chi connectivity index (χ3n) is 6.33. The van der Waals surface area contributed by atoms with Crippen LogP contribution >= 0.6 is 0 Å². The second-order valence-corrected chi connectivity index (χ2v) is 8.84. The number of nitrogens with zero attached hydrogens (tertiary/aromatic N) is 1. The Labute approximate surface area is 191 Å². The van der Waals surface area contributed by atoms with Crippen LogP contribution in [0, 0.1) is 6.92 Å². The number of nitrogens with one attached hydrogen (secondary N) is 3. The van der Waals surface area contributed by atoms with Gasteiger partial charge in [0.2, 0.25) is 0 Å². The molecule has 166 valence electrons. The number of rotatable bonds is 6. The van der Waals surface area contributed by atoms with Crippen LogP contribution in [-0.4, -0.2) is 33.2 Å². The van der Waals surface area contributed by atoms with Crippen LogP contribution in [0.4, 0.5) is 16.2 Å². The first-order valence-corrected chi connectivity index (χ1v) is 11.3. The minimum Gasteiger partial charge on any atom is -0.378 e. The molecule has 0 fully saturated rings. The van der Waals surface area contributed by atoms with Gasteiger partial charge in [0.25, 0.3) is 0 Å². The lowest BCUT2D eigenvalue weighted by Crippen LogP contribution is -3.12. The molecule has 5 heteroatoms. The van der Waals surface area contributed by atoms with Crippen LogP contribution in [0.25, 0.3) is 0 Å². The highest BCUT2D eigenvalue weighted by molar-refractivity contribution is 5.89. The molecule has 2 atom stereocenters. The second kappa shape index (κ2) is 9.88. The Morgan fingerprint density at radius 2 is 1.66 bits per heavy atom. The third-order valence-corrected chi connectivity index (χ3v) is 6.33. The van der Waals surface area contributed by atoms with E-state index in [2.05, 4.69) is 78.2 Å². The lowest BCUT2D eigenvalue weighted by atomic mass is 9.96. The van der Waals surface area contributed by atoms with E-state index < -0.39 is 0 Å². The number of amides is 2. The maximum absolute atomic E-state index is 12.6. The van der Waals surface area contributed by atoms with Gasteiger partial charge < -0.3 is 20.4 Å². The van der Waals surface area contributed by atoms with Gasteiger partial charge in [-0.15, -0.1) is 0 Å². The Hall–Kier alpha value is -3.31. The van der Waals surface area contributed by atoms with Crippen molar-refractivity contribution in [3.8, 4) is 0 Å². The summed E-state index contributed by atoms with van der Waals surface area (Å²) in [5.41, 5.74) is 7.26. The Bertz CT molecular complexity index is 1040. The van der Waals surface area contributed by atoms with Crippen molar-refractivity contribution in [2.45, 2.75) is 25.9 Å². The zero-order valence-electron chi connectivity index (χ0n) is 19.2. The monoisotopic (exact) mass is 429 g/mol. The molecule has 2 amide bonds. The van der Waals surface area contributed by atoms with Crippen LogP contribution in [-0.2, 0) is 13.0 Å². The predicted molar refractivity (Wildman–Crippen MR) is 131 cm³/mol. The lowest BCUT2D eigenvalue weighted by Gasteiger charge is -2.33. The van der Waals surface area contributed by atoms with Gasteiger partial charge in [-0.05, 0) is 36.8 Å². The highest BCUT2D eigenvalue weighted by Gasteiger charge is 2.29. The SMILES string of the molecule is Cc1ccc(NC(=O)NC[C@@H](c2ccc(N(C)C)cc2)[NH+]2CCc3ccccc3C2)cc1. The molecule has 0 bridgehead atoms. The summed E-state index contributed by atoms with van der Waals surface area (Å²) in [6.07, 6.45) is 1.06. The molecule has 3 aromatic carbocycles. The summed E-state index contributed by atoms with van der Waals surface area (Å²) in [4.78, 5) is 16.2. The fraction of sp³-hybridized carbons (Fsp3) is 0.296. The summed E-state index contributed by atoms with van der Waals surface area (Å²) in [7, 11) is 4.10. The van der Waals surface area contributed by atoms with Crippen LogP contribution in [0.5, 0.6) is 0 Å². The van der Waals surface area contributed by atoms with Gasteiger partial charge in [0.1, 0.15) is 12.6 Å². The molecule has 1 heterocycles. The molecule has 0 radical (unpaired) electrons. The number of benzene rings is 3. The number of hydrogen-bond donors (Lipinski definition) is 3. The molecule has 0 aromatic heterocycles. The number of quaternary nitrogens is 1. The molecule has 5 nitrogen and oxygen atoms in total. The summed E-state index contributed by atoms with van der Waals surface area (Å²) in [6.45, 7) is 4.64. The van der Waals surface area contributed by atoms with Gasteiger partial charge in [-0.1, -0.05) is 54.1 Å². The van der Waals surface area contributed by atoms with Gasteiger partial charge in [-0.3, -0.25) is 0 Å². The number of carbonyl (C=O) groups is 1. The van der Waals surface area contributed by atoms with Crippen molar-refractivity contribution < 1.29 is 9.69 Å². The van der Waals surface area contributed by atoms with Crippen LogP contribution < -0.4 is 20.4 Å². The topological polar surface area (TPSA) is 48.8 Å². The van der Waals surface area contributed by atoms with E-state index in [4.69, 9.17) is 0 Å². The van der Waals surface area contributed by atoms with Crippen LogP contribution in [0.1, 0.15) is 28.3 Å². The van der Waals surface area contributed by atoms with Gasteiger partial charge in [-0.2, -0.15) is 0 Å². The molecule has 1 aliphatic rings. The predicted octanol–water partition coefficient (Wildman–Crippen LogP) is 3.57. The average molecular weight is 430 g/mol. The third kappa shape index (κ3) is 5.29. The molecule has 4 rings (SSSR count). The maximum Gasteiger partial charge on any atom is 0.319 e. The largest absolute Gasteiger partial charge is 0.378 e. The number of anilines is 2. The molecule has 0 aliphatic carbocycles. The standard InChI is InChI=1S/C27H32N4O/c1-20-8-12-24(13-9-20)29-27(32)28-18-26(22-10-14-25(15-11-22)30(2)3)31-17-16-21-6-4-5-7-23(21)19-31/h4-15,26H,16-19H2,1-3H3,(H2,28,29,32)/p+1/t26-/m0/s1. The average Bonchev–Trinajstić information content (AvgIpc) is 2.81. The lowest BCUT2D eigenvalue weighted by molar-refractivity contribution is -0.945. The van der Waals surface area contributed by atoms with Crippen LogP contribution in [0.3, 0.4) is 0 Å². The fourth-order valence-electron chi connectivity index (χ4n) is 4.41. The highest BCUT2D eigenvalue weighted by Crippen LogP contribution is 2.19. The van der Waals surface area contributed by atoms with Crippen LogP contribution in [0.2, 0.25) is 0 Å². The number of urea groups is 1. The molecule has 32 heavy (non-hydrogen) atoms. The summed E-state index contributed by atoms with van der Waals surface area (Å²) < 4.78 is 0. The van der Waals surface area contributed by atoms with Crippen molar-refractivity contribution in [2.24, 2.45) is 0 Å². The van der Waals surface area contributed by atoms with Crippen molar-refractivity contribution in [1.29, 1.82) is 0 Å². The minimum atomic E-state index is -0.166. The smallest absolute Gasteiger partial charge is 0.319 e. The van der Waals surface area contributed by atoms with Crippen molar-refractivity contribution in [3.63, 3.8) is 0 Å². The minimum absolute atomic E-state index is 0.166. The quantitative estimate of drug-likeness (QED) is 0.561. The van der Waals surface area contributed by atoms with Crippen molar-refractivity contribution in [1.82, 2.24) is 5.32 Å². The van der Waals surface area contributed by atoms with Crippen molar-refractivity contribution >= 4 is 17.4 Å². The van der Waals surface area contributed by atoms with E-state index in [0.717, 1.165) is 25.2 Å². The zero-order chi connectivity index (χ0) is 22.5. The molecule has 1 unspecified atom stereocenters. The van der Waals surface area contributed by atoms with E-state index >= 15 is 0 Å². The van der Waals surface area contributed by atoms with E-state index in [0.29, 0.717) is 6.54 Å². The molecular weight excluding hydrogens is 396 g/mol. The van der Waals surface area contributed by atoms with Gasteiger partial charge in [0.15, 0.2) is 0 Å². The summed E-state index contributed by atoms with van der Waals surface area (Å²) in [5, 5.41) is 6.07. The Balaban J connectivity index is 1.49. The molecule has 0 saturated carbocycles. The second-order valence-electron chi connectivity index (χ2n) is 8.84. The van der Waals surface area contributed by atoms with Gasteiger partial charge >= 0.3 is 6.03 Å². The first-order chi connectivity index (χ1) is 15.5. The highest BCUT2D eigenvalue weighted by atomic mass is 16.2. The Morgan fingerprint density at radius 1 is 0.969 bits per heavy atom. The molecule has 3 aromatic rings. The molecule has 3 N–H and O–H groups in total. The normalized spacial score (nSPS) is 16.0. The molecule has 0 spiro atoms. The number of fused-ring (bicyclic) bond motifs is 1. The Morgan fingerprint density at radius 3 is 2.34 bits per heavy atom.